The predicted octanol–water partition coefficient (Wildman–Crippen LogP) is 3.08. The lowest BCUT2D eigenvalue weighted by atomic mass is 9.89. The molecule has 2 N–H and O–H groups in total. The highest BCUT2D eigenvalue weighted by molar-refractivity contribution is 5.92. The van der Waals surface area contributed by atoms with E-state index >= 15 is 0 Å². The number of benzene rings is 1. The zero-order valence-electron chi connectivity index (χ0n) is 16.2. The smallest absolute Gasteiger partial charge is 0.251 e. The van der Waals surface area contributed by atoms with E-state index in [2.05, 4.69) is 53.4 Å². The number of primary amides is 1. The predicted molar refractivity (Wildman–Crippen MR) is 104 cm³/mol. The van der Waals surface area contributed by atoms with Gasteiger partial charge >= 0.3 is 0 Å². The Labute approximate surface area is 163 Å². The Morgan fingerprint density at radius 3 is 2.82 bits per heavy atom. The number of nitrogens with two attached hydrogens (primary N) is 1. The maximum atomic E-state index is 11.1. The van der Waals surface area contributed by atoms with Gasteiger partial charge in [-0.15, -0.1) is 0 Å². The number of aryl methyl sites for hydroxylation is 2. The standard InChI is InChI=1S/C21H25N5O2/c1-13(2)18-9-14(16-5-3-4-6-17(16)18)10-20-24-19(25-28-20)7-8-26-12-15(11-23-26)21(22)27/h3-6,11-14,18H,7-10H2,1-2H3,(H2,22,27)/t14-,18-/m0/s1. The number of nitrogens with zero attached hydrogens (tertiary/aromatic N) is 4. The molecule has 7 nitrogen and oxygen atoms in total. The van der Waals surface area contributed by atoms with E-state index in [9.17, 15) is 4.79 Å². The summed E-state index contributed by atoms with van der Waals surface area (Å²) >= 11 is 0. The largest absolute Gasteiger partial charge is 0.366 e. The summed E-state index contributed by atoms with van der Waals surface area (Å²) in [7, 11) is 0. The van der Waals surface area contributed by atoms with Crippen LogP contribution in [0.4, 0.5) is 0 Å². The van der Waals surface area contributed by atoms with Gasteiger partial charge in [-0.25, -0.2) is 0 Å². The molecule has 1 aromatic carbocycles. The van der Waals surface area contributed by atoms with Crippen LogP contribution in [-0.4, -0.2) is 25.8 Å². The highest BCUT2D eigenvalue weighted by atomic mass is 16.5. The topological polar surface area (TPSA) is 99.8 Å². The zero-order chi connectivity index (χ0) is 19.7. The van der Waals surface area contributed by atoms with Crippen molar-refractivity contribution in [2.45, 2.75) is 51.5 Å². The fourth-order valence-electron chi connectivity index (χ4n) is 4.12. The lowest BCUT2D eigenvalue weighted by Crippen LogP contribution is -2.10. The van der Waals surface area contributed by atoms with Gasteiger partial charge in [-0.1, -0.05) is 43.3 Å². The number of rotatable bonds is 7. The molecule has 0 spiro atoms. The number of aromatic nitrogens is 4. The van der Waals surface area contributed by atoms with Crippen LogP contribution in [0.3, 0.4) is 0 Å². The van der Waals surface area contributed by atoms with E-state index in [0.29, 0.717) is 48.0 Å². The van der Waals surface area contributed by atoms with Crippen molar-refractivity contribution in [2.24, 2.45) is 11.7 Å². The molecular formula is C21H25N5O2. The first-order valence-corrected chi connectivity index (χ1v) is 9.73. The van der Waals surface area contributed by atoms with Crippen molar-refractivity contribution in [1.29, 1.82) is 0 Å². The summed E-state index contributed by atoms with van der Waals surface area (Å²) in [6, 6.07) is 8.72. The Kier molecular flexibility index (Phi) is 4.98. The van der Waals surface area contributed by atoms with E-state index in [1.807, 2.05) is 0 Å². The summed E-state index contributed by atoms with van der Waals surface area (Å²) in [5.41, 5.74) is 8.52. The summed E-state index contributed by atoms with van der Waals surface area (Å²) in [6.07, 6.45) is 5.56. The summed E-state index contributed by atoms with van der Waals surface area (Å²) in [5.74, 6) is 2.47. The van der Waals surface area contributed by atoms with E-state index in [4.69, 9.17) is 10.3 Å². The minimum absolute atomic E-state index is 0.397. The Morgan fingerprint density at radius 1 is 1.32 bits per heavy atom. The van der Waals surface area contributed by atoms with Crippen molar-refractivity contribution in [3.63, 3.8) is 0 Å². The number of carbonyl (C=O) groups is 1. The highest BCUT2D eigenvalue weighted by Gasteiger charge is 2.33. The molecule has 28 heavy (non-hydrogen) atoms. The number of fused-ring (bicyclic) bond motifs is 1. The quantitative estimate of drug-likeness (QED) is 0.680. The molecule has 7 heteroatoms. The van der Waals surface area contributed by atoms with Crippen molar-refractivity contribution in [2.75, 3.05) is 0 Å². The first-order valence-electron chi connectivity index (χ1n) is 9.73. The molecule has 1 aliphatic rings. The van der Waals surface area contributed by atoms with Gasteiger partial charge in [0.15, 0.2) is 5.82 Å². The molecule has 1 amide bonds. The molecular weight excluding hydrogens is 354 g/mol. The van der Waals surface area contributed by atoms with Crippen LogP contribution in [0.1, 0.15) is 65.3 Å². The Balaban J connectivity index is 1.40. The van der Waals surface area contributed by atoms with Gasteiger partial charge in [0, 0.05) is 25.6 Å². The molecule has 1 aliphatic carbocycles. The summed E-state index contributed by atoms with van der Waals surface area (Å²) < 4.78 is 7.17. The van der Waals surface area contributed by atoms with Crippen LogP contribution in [0.5, 0.6) is 0 Å². The zero-order valence-corrected chi connectivity index (χ0v) is 16.2. The average Bonchev–Trinajstić information content (AvgIpc) is 3.39. The summed E-state index contributed by atoms with van der Waals surface area (Å²) in [5, 5.41) is 8.23. The molecule has 0 unspecified atom stereocenters. The van der Waals surface area contributed by atoms with E-state index in [-0.39, 0.29) is 0 Å². The second-order valence-electron chi connectivity index (χ2n) is 7.83. The highest BCUT2D eigenvalue weighted by Crippen LogP contribution is 2.46. The van der Waals surface area contributed by atoms with Crippen LogP contribution in [0.25, 0.3) is 0 Å². The third kappa shape index (κ3) is 3.69. The molecule has 4 rings (SSSR count). The monoisotopic (exact) mass is 379 g/mol. The first kappa shape index (κ1) is 18.4. The van der Waals surface area contributed by atoms with Gasteiger partial charge in [0.2, 0.25) is 5.89 Å². The Morgan fingerprint density at radius 2 is 2.11 bits per heavy atom. The number of amides is 1. The van der Waals surface area contributed by atoms with Gasteiger partial charge < -0.3 is 10.3 Å². The number of hydrogen-bond donors (Lipinski definition) is 1. The molecule has 0 fully saturated rings. The molecule has 3 aromatic rings. The molecule has 2 heterocycles. The van der Waals surface area contributed by atoms with Crippen LogP contribution in [0, 0.1) is 5.92 Å². The van der Waals surface area contributed by atoms with Crippen LogP contribution in [0.2, 0.25) is 0 Å². The van der Waals surface area contributed by atoms with Gasteiger partial charge in [-0.3, -0.25) is 9.48 Å². The average molecular weight is 379 g/mol. The maximum absolute atomic E-state index is 11.1. The molecule has 0 saturated heterocycles. The SMILES string of the molecule is CC(C)[C@@H]1C[C@@H](Cc2nc(CCn3cc(C(N)=O)cn3)no2)c2ccccc21. The molecule has 0 bridgehead atoms. The molecule has 146 valence electrons. The van der Waals surface area contributed by atoms with E-state index in [1.165, 1.54) is 17.3 Å². The third-order valence-electron chi connectivity index (χ3n) is 5.59. The van der Waals surface area contributed by atoms with E-state index in [0.717, 1.165) is 12.8 Å². The molecule has 2 aromatic heterocycles. The minimum atomic E-state index is -0.482. The van der Waals surface area contributed by atoms with Crippen molar-refractivity contribution in [3.8, 4) is 0 Å². The molecule has 0 radical (unpaired) electrons. The molecule has 0 aliphatic heterocycles. The van der Waals surface area contributed by atoms with Crippen LogP contribution in [0.15, 0.2) is 41.2 Å². The minimum Gasteiger partial charge on any atom is -0.366 e. The van der Waals surface area contributed by atoms with E-state index < -0.39 is 5.91 Å². The molecule has 0 saturated carbocycles. The van der Waals surface area contributed by atoms with Crippen molar-refractivity contribution in [1.82, 2.24) is 19.9 Å². The number of carbonyl (C=O) groups excluding carboxylic acids is 1. The second-order valence-corrected chi connectivity index (χ2v) is 7.83. The Bertz CT molecular complexity index is 975. The van der Waals surface area contributed by atoms with Gasteiger partial charge in [-0.05, 0) is 35.3 Å². The van der Waals surface area contributed by atoms with Gasteiger partial charge in [0.1, 0.15) is 0 Å². The lowest BCUT2D eigenvalue weighted by molar-refractivity contribution is 0.1000. The van der Waals surface area contributed by atoms with Crippen LogP contribution >= 0.6 is 0 Å². The van der Waals surface area contributed by atoms with E-state index in [1.54, 1.807) is 10.9 Å². The summed E-state index contributed by atoms with van der Waals surface area (Å²) in [4.78, 5) is 15.7. The van der Waals surface area contributed by atoms with Gasteiger partial charge in [0.25, 0.3) is 5.91 Å². The van der Waals surface area contributed by atoms with Crippen molar-refractivity contribution < 1.29 is 9.32 Å². The fraction of sp³-hybridized carbons (Fsp3) is 0.429. The maximum Gasteiger partial charge on any atom is 0.251 e. The van der Waals surface area contributed by atoms with Crippen LogP contribution < -0.4 is 5.73 Å². The number of hydrogen-bond acceptors (Lipinski definition) is 5. The van der Waals surface area contributed by atoms with Crippen LogP contribution in [-0.2, 0) is 19.4 Å². The lowest BCUT2D eigenvalue weighted by Gasteiger charge is -2.15. The van der Waals surface area contributed by atoms with Gasteiger partial charge in [-0.2, -0.15) is 10.1 Å². The Hall–Kier alpha value is -2.96. The summed E-state index contributed by atoms with van der Waals surface area (Å²) in [6.45, 7) is 5.13. The van der Waals surface area contributed by atoms with Gasteiger partial charge in [0.05, 0.1) is 11.8 Å². The first-order chi connectivity index (χ1) is 13.5. The van der Waals surface area contributed by atoms with Crippen molar-refractivity contribution >= 4 is 5.91 Å². The third-order valence-corrected chi connectivity index (χ3v) is 5.59. The fourth-order valence-corrected chi connectivity index (χ4v) is 4.12. The van der Waals surface area contributed by atoms with Crippen molar-refractivity contribution in [3.05, 3.63) is 65.1 Å². The second kappa shape index (κ2) is 7.58. The molecule has 2 atom stereocenters. The normalized spacial score (nSPS) is 18.5.